The number of ketones is 1. The van der Waals surface area contributed by atoms with Gasteiger partial charge in [0.25, 0.3) is 5.69 Å². The zero-order valence-corrected chi connectivity index (χ0v) is 17.9. The van der Waals surface area contributed by atoms with Crippen molar-refractivity contribution in [2.45, 2.75) is 37.2 Å². The van der Waals surface area contributed by atoms with Crippen molar-refractivity contribution in [3.63, 3.8) is 0 Å². The summed E-state index contributed by atoms with van der Waals surface area (Å²) in [6.07, 6.45) is -2.09. The summed E-state index contributed by atoms with van der Waals surface area (Å²) in [4.78, 5) is 22.7. The van der Waals surface area contributed by atoms with Gasteiger partial charge in [0.1, 0.15) is 12.2 Å². The highest BCUT2D eigenvalue weighted by molar-refractivity contribution is 5.93. The molecule has 1 unspecified atom stereocenters. The number of aliphatic hydroxyl groups is 1. The Hall–Kier alpha value is -3.45. The largest absolute Gasteiger partial charge is 0.484 e. The Bertz CT molecular complexity index is 1180. The molecule has 1 aliphatic heterocycles. The van der Waals surface area contributed by atoms with Crippen molar-refractivity contribution in [1.82, 2.24) is 5.32 Å². The fourth-order valence-corrected chi connectivity index (χ4v) is 3.50. The standard InChI is InChI=1S/C22H18F6N2O5/c1-21(32,10-35-19-14(24)7-6-13(23)18(19)25)20(31)16-4-2-3-15(29-16)11-5-8-17(30(33)34)12(9-11)22(26,27)28/h2,4-9,15-16,29,32H,3,10H2,1H3/t15?,16-,21-/m0/s1. The molecule has 0 fully saturated rings. The van der Waals surface area contributed by atoms with Crippen LogP contribution in [0.1, 0.15) is 30.5 Å². The van der Waals surface area contributed by atoms with E-state index in [-0.39, 0.29) is 12.0 Å². The van der Waals surface area contributed by atoms with Crippen LogP contribution in [0.5, 0.6) is 5.75 Å². The molecule has 0 amide bonds. The zero-order chi connectivity index (χ0) is 26.1. The summed E-state index contributed by atoms with van der Waals surface area (Å²) in [5.41, 5.74) is -4.93. The third-order valence-electron chi connectivity index (χ3n) is 5.32. The second-order valence-electron chi connectivity index (χ2n) is 7.99. The predicted octanol–water partition coefficient (Wildman–Crippen LogP) is 4.39. The smallest absolute Gasteiger partial charge is 0.423 e. The second-order valence-corrected chi connectivity index (χ2v) is 7.99. The van der Waals surface area contributed by atoms with Gasteiger partial charge in [-0.1, -0.05) is 18.2 Å². The summed E-state index contributed by atoms with van der Waals surface area (Å²) in [5, 5.41) is 24.2. The van der Waals surface area contributed by atoms with E-state index in [1.54, 1.807) is 0 Å². The van der Waals surface area contributed by atoms with E-state index in [9.17, 15) is 46.4 Å². The molecule has 0 bridgehead atoms. The molecule has 0 saturated heterocycles. The second kappa shape index (κ2) is 9.66. The number of ether oxygens (including phenoxy) is 1. The normalized spacial score (nSPS) is 19.8. The van der Waals surface area contributed by atoms with Gasteiger partial charge in [0, 0.05) is 12.1 Å². The van der Waals surface area contributed by atoms with Gasteiger partial charge in [-0.15, -0.1) is 0 Å². The van der Waals surface area contributed by atoms with Crippen molar-refractivity contribution in [3.05, 3.63) is 81.2 Å². The van der Waals surface area contributed by atoms with Gasteiger partial charge in [0.2, 0.25) is 5.82 Å². The maximum absolute atomic E-state index is 13.8. The van der Waals surface area contributed by atoms with Crippen molar-refractivity contribution in [2.75, 3.05) is 6.61 Å². The van der Waals surface area contributed by atoms with Crippen LogP contribution in [0.25, 0.3) is 0 Å². The first-order valence-corrected chi connectivity index (χ1v) is 10.0. The molecule has 0 radical (unpaired) electrons. The summed E-state index contributed by atoms with van der Waals surface area (Å²) in [5.74, 6) is -6.40. The highest BCUT2D eigenvalue weighted by Crippen LogP contribution is 2.38. The van der Waals surface area contributed by atoms with E-state index in [0.717, 1.165) is 13.0 Å². The molecule has 0 aliphatic carbocycles. The van der Waals surface area contributed by atoms with E-state index in [2.05, 4.69) is 5.32 Å². The van der Waals surface area contributed by atoms with E-state index in [0.29, 0.717) is 24.3 Å². The van der Waals surface area contributed by atoms with Gasteiger partial charge in [-0.25, -0.2) is 8.78 Å². The Balaban J connectivity index is 1.78. The number of nitrogens with zero attached hydrogens (tertiary/aromatic N) is 1. The monoisotopic (exact) mass is 504 g/mol. The predicted molar refractivity (Wildman–Crippen MR) is 109 cm³/mol. The third kappa shape index (κ3) is 5.62. The maximum Gasteiger partial charge on any atom is 0.423 e. The minimum absolute atomic E-state index is 0.00451. The lowest BCUT2D eigenvalue weighted by Crippen LogP contribution is -2.52. The van der Waals surface area contributed by atoms with Gasteiger partial charge in [0.15, 0.2) is 28.8 Å². The topological polar surface area (TPSA) is 102 Å². The van der Waals surface area contributed by atoms with Crippen LogP contribution >= 0.6 is 0 Å². The third-order valence-corrected chi connectivity index (χ3v) is 5.32. The number of nitrogens with one attached hydrogen (secondary N) is 1. The molecule has 0 spiro atoms. The SMILES string of the molecule is C[C@](O)(COc1c(F)ccc(F)c1F)C(=O)[C@@H]1C=CCC(c2ccc([N+](=O)[O-])c(C(F)(F)F)c2)N1. The van der Waals surface area contributed by atoms with E-state index in [1.807, 2.05) is 0 Å². The fraction of sp³-hybridized carbons (Fsp3) is 0.318. The Morgan fingerprint density at radius 1 is 1.20 bits per heavy atom. The van der Waals surface area contributed by atoms with Gasteiger partial charge in [0.05, 0.1) is 11.0 Å². The number of halogens is 6. The Labute approximate surface area is 194 Å². The van der Waals surface area contributed by atoms with Gasteiger partial charge in [-0.05, 0) is 37.1 Å². The molecule has 2 aromatic rings. The summed E-state index contributed by atoms with van der Waals surface area (Å²) >= 11 is 0. The van der Waals surface area contributed by atoms with Crippen molar-refractivity contribution in [2.24, 2.45) is 0 Å². The van der Waals surface area contributed by atoms with Crippen LogP contribution in [0.3, 0.4) is 0 Å². The maximum atomic E-state index is 13.8. The number of nitro benzene ring substituents is 1. The Morgan fingerprint density at radius 3 is 2.49 bits per heavy atom. The molecular formula is C22H18F6N2O5. The lowest BCUT2D eigenvalue weighted by atomic mass is 9.90. The molecule has 3 atom stereocenters. The van der Waals surface area contributed by atoms with Crippen molar-refractivity contribution in [3.8, 4) is 5.75 Å². The Morgan fingerprint density at radius 2 is 1.86 bits per heavy atom. The molecule has 0 saturated carbocycles. The minimum atomic E-state index is -5.00. The molecule has 3 rings (SSSR count). The Kier molecular flexibility index (Phi) is 7.22. The number of alkyl halides is 3. The highest BCUT2D eigenvalue weighted by Gasteiger charge is 2.41. The highest BCUT2D eigenvalue weighted by atomic mass is 19.4. The van der Waals surface area contributed by atoms with Crippen LogP contribution in [0, 0.1) is 27.6 Å². The van der Waals surface area contributed by atoms with Gasteiger partial charge < -0.3 is 9.84 Å². The van der Waals surface area contributed by atoms with Crippen LogP contribution in [0.4, 0.5) is 32.0 Å². The zero-order valence-electron chi connectivity index (χ0n) is 17.9. The average Bonchev–Trinajstić information content (AvgIpc) is 2.80. The first kappa shape index (κ1) is 26.2. The molecule has 35 heavy (non-hydrogen) atoms. The summed E-state index contributed by atoms with van der Waals surface area (Å²) < 4.78 is 85.6. The van der Waals surface area contributed by atoms with E-state index in [1.165, 1.54) is 12.2 Å². The number of carbonyl (C=O) groups excluding carboxylic acids is 1. The van der Waals surface area contributed by atoms with Crippen molar-refractivity contribution < 1.29 is 45.9 Å². The molecule has 188 valence electrons. The number of rotatable bonds is 7. The van der Waals surface area contributed by atoms with Crippen LogP contribution in [-0.2, 0) is 11.0 Å². The quantitative estimate of drug-likeness (QED) is 0.191. The molecule has 2 N–H and O–H groups in total. The summed E-state index contributed by atoms with van der Waals surface area (Å²) in [7, 11) is 0. The van der Waals surface area contributed by atoms with Crippen LogP contribution < -0.4 is 10.1 Å². The number of nitro groups is 1. The number of Topliss-reactive ketones (excluding diaryl/α,β-unsaturated/α-hetero) is 1. The minimum Gasteiger partial charge on any atom is -0.484 e. The molecule has 13 heteroatoms. The van der Waals surface area contributed by atoms with Crippen molar-refractivity contribution >= 4 is 11.5 Å². The molecule has 1 heterocycles. The molecule has 2 aromatic carbocycles. The number of benzene rings is 2. The average molecular weight is 504 g/mol. The van der Waals surface area contributed by atoms with Gasteiger partial charge in [-0.3, -0.25) is 20.2 Å². The fourth-order valence-electron chi connectivity index (χ4n) is 3.50. The first-order chi connectivity index (χ1) is 16.2. The molecule has 1 aliphatic rings. The van der Waals surface area contributed by atoms with Gasteiger partial charge in [-0.2, -0.15) is 17.6 Å². The van der Waals surface area contributed by atoms with Gasteiger partial charge >= 0.3 is 6.18 Å². The lowest BCUT2D eigenvalue weighted by molar-refractivity contribution is -0.388. The molecule has 0 aromatic heterocycles. The lowest BCUT2D eigenvalue weighted by Gasteiger charge is -2.31. The van der Waals surface area contributed by atoms with E-state index in [4.69, 9.17) is 4.74 Å². The number of hydrogen-bond acceptors (Lipinski definition) is 6. The first-order valence-electron chi connectivity index (χ1n) is 10.0. The molecule has 7 nitrogen and oxygen atoms in total. The van der Waals surface area contributed by atoms with Crippen LogP contribution in [0.15, 0.2) is 42.5 Å². The van der Waals surface area contributed by atoms with Crippen LogP contribution in [0.2, 0.25) is 0 Å². The van der Waals surface area contributed by atoms with Crippen LogP contribution in [-0.4, -0.2) is 34.1 Å². The number of hydrogen-bond donors (Lipinski definition) is 2. The summed E-state index contributed by atoms with van der Waals surface area (Å²) in [6.45, 7) is 0.0206. The number of carbonyl (C=O) groups is 1. The van der Waals surface area contributed by atoms with E-state index < -0.39 is 75.6 Å². The summed E-state index contributed by atoms with van der Waals surface area (Å²) in [6, 6.07) is 1.42. The van der Waals surface area contributed by atoms with Crippen molar-refractivity contribution in [1.29, 1.82) is 0 Å². The van der Waals surface area contributed by atoms with E-state index >= 15 is 0 Å². The molecular weight excluding hydrogens is 486 g/mol.